The molecule has 0 radical (unpaired) electrons. The highest BCUT2D eigenvalue weighted by molar-refractivity contribution is 7.15. The van der Waals surface area contributed by atoms with Crippen molar-refractivity contribution in [1.29, 1.82) is 0 Å². The Morgan fingerprint density at radius 3 is 3.00 bits per heavy atom. The summed E-state index contributed by atoms with van der Waals surface area (Å²) in [5.41, 5.74) is 3.96. The zero-order valence-corrected chi connectivity index (χ0v) is 11.3. The molecule has 0 aliphatic rings. The van der Waals surface area contributed by atoms with E-state index in [0.29, 0.717) is 0 Å². The van der Waals surface area contributed by atoms with E-state index < -0.39 is 0 Å². The fourth-order valence-electron chi connectivity index (χ4n) is 1.98. The molecule has 18 heavy (non-hydrogen) atoms. The third kappa shape index (κ3) is 1.73. The molecular formula is C13H11ClN2OS. The molecule has 0 fully saturated rings. The summed E-state index contributed by atoms with van der Waals surface area (Å²) in [7, 11) is 0. The lowest BCUT2D eigenvalue weighted by Crippen LogP contribution is -1.93. The summed E-state index contributed by atoms with van der Waals surface area (Å²) in [6, 6.07) is 5.92. The van der Waals surface area contributed by atoms with Gasteiger partial charge in [0, 0.05) is 10.4 Å². The van der Waals surface area contributed by atoms with Gasteiger partial charge in [0.15, 0.2) is 4.96 Å². The minimum Gasteiger partial charge on any atom is -0.390 e. The van der Waals surface area contributed by atoms with E-state index in [1.54, 1.807) is 17.5 Å². The van der Waals surface area contributed by atoms with Crippen LogP contribution in [0.2, 0.25) is 5.02 Å². The Morgan fingerprint density at radius 2 is 2.28 bits per heavy atom. The Balaban J connectivity index is 2.24. The topological polar surface area (TPSA) is 37.5 Å². The highest BCUT2D eigenvalue weighted by Crippen LogP contribution is 2.29. The molecule has 0 atom stereocenters. The minimum absolute atomic E-state index is 0.0164. The molecule has 0 bridgehead atoms. The van der Waals surface area contributed by atoms with Crippen LogP contribution in [0.4, 0.5) is 0 Å². The number of rotatable bonds is 2. The van der Waals surface area contributed by atoms with Gasteiger partial charge in [0.05, 0.1) is 24.2 Å². The number of fused-ring (bicyclic) bond motifs is 1. The summed E-state index contributed by atoms with van der Waals surface area (Å²) in [6.07, 6.45) is 1.71. The number of halogens is 1. The largest absolute Gasteiger partial charge is 0.390 e. The van der Waals surface area contributed by atoms with Gasteiger partial charge in [-0.25, -0.2) is 4.98 Å². The maximum Gasteiger partial charge on any atom is 0.194 e. The van der Waals surface area contributed by atoms with Gasteiger partial charge in [0.2, 0.25) is 0 Å². The molecule has 3 aromatic rings. The van der Waals surface area contributed by atoms with Crippen LogP contribution >= 0.6 is 22.9 Å². The second-order valence-electron chi connectivity index (χ2n) is 4.11. The lowest BCUT2D eigenvalue weighted by atomic mass is 10.1. The van der Waals surface area contributed by atoms with Crippen LogP contribution < -0.4 is 0 Å². The molecule has 1 aromatic carbocycles. The molecule has 3 rings (SSSR count). The summed E-state index contributed by atoms with van der Waals surface area (Å²) in [6.45, 7) is 1.97. The Morgan fingerprint density at radius 1 is 1.44 bits per heavy atom. The molecule has 2 aromatic heterocycles. The molecule has 0 saturated heterocycles. The van der Waals surface area contributed by atoms with Gasteiger partial charge in [-0.2, -0.15) is 0 Å². The van der Waals surface area contributed by atoms with Crippen LogP contribution in [-0.4, -0.2) is 14.5 Å². The SMILES string of the molecule is Cc1cc(-c2csc3ncc(CO)n23)ccc1Cl. The standard InChI is InChI=1S/C13H11ClN2OS/c1-8-4-9(2-3-11(8)14)12-7-18-13-15-5-10(6-17)16(12)13/h2-5,7,17H,6H2,1H3. The zero-order chi connectivity index (χ0) is 12.7. The van der Waals surface area contributed by atoms with E-state index in [1.165, 1.54) is 0 Å². The fourth-order valence-corrected chi connectivity index (χ4v) is 2.99. The monoisotopic (exact) mass is 278 g/mol. The van der Waals surface area contributed by atoms with E-state index in [0.717, 1.165) is 32.5 Å². The smallest absolute Gasteiger partial charge is 0.194 e. The highest BCUT2D eigenvalue weighted by Gasteiger charge is 2.11. The molecule has 5 heteroatoms. The van der Waals surface area contributed by atoms with Crippen molar-refractivity contribution in [3.05, 3.63) is 46.1 Å². The molecule has 2 heterocycles. The molecule has 3 nitrogen and oxygen atoms in total. The first-order valence-corrected chi connectivity index (χ1v) is 6.77. The highest BCUT2D eigenvalue weighted by atomic mass is 35.5. The zero-order valence-electron chi connectivity index (χ0n) is 9.72. The molecule has 92 valence electrons. The van der Waals surface area contributed by atoms with Crippen molar-refractivity contribution < 1.29 is 5.11 Å². The van der Waals surface area contributed by atoms with E-state index in [2.05, 4.69) is 4.98 Å². The number of hydrogen-bond donors (Lipinski definition) is 1. The predicted octanol–water partition coefficient (Wildman–Crippen LogP) is 3.52. The number of aromatic nitrogens is 2. The van der Waals surface area contributed by atoms with E-state index in [1.807, 2.05) is 34.9 Å². The number of aliphatic hydroxyl groups is 1. The van der Waals surface area contributed by atoms with E-state index in [9.17, 15) is 5.11 Å². The quantitative estimate of drug-likeness (QED) is 0.779. The maximum absolute atomic E-state index is 9.34. The number of imidazole rings is 1. The second-order valence-corrected chi connectivity index (χ2v) is 5.35. The van der Waals surface area contributed by atoms with Crippen molar-refractivity contribution in [1.82, 2.24) is 9.38 Å². The predicted molar refractivity (Wildman–Crippen MR) is 74.2 cm³/mol. The molecule has 0 aliphatic heterocycles. The summed E-state index contributed by atoms with van der Waals surface area (Å²) >= 11 is 7.60. The van der Waals surface area contributed by atoms with Gasteiger partial charge in [0.1, 0.15) is 0 Å². The third-order valence-corrected chi connectivity index (χ3v) is 4.20. The lowest BCUT2D eigenvalue weighted by Gasteiger charge is -2.05. The van der Waals surface area contributed by atoms with Crippen LogP contribution in [-0.2, 0) is 6.61 Å². The summed E-state index contributed by atoms with van der Waals surface area (Å²) < 4.78 is 1.98. The third-order valence-electron chi connectivity index (χ3n) is 2.94. The Labute approximate surface area is 113 Å². The number of aryl methyl sites for hydroxylation is 1. The average Bonchev–Trinajstić information content (AvgIpc) is 2.93. The van der Waals surface area contributed by atoms with Gasteiger partial charge in [-0.15, -0.1) is 11.3 Å². The molecule has 1 N–H and O–H groups in total. The van der Waals surface area contributed by atoms with Crippen molar-refractivity contribution in [2.45, 2.75) is 13.5 Å². The summed E-state index contributed by atoms with van der Waals surface area (Å²) in [5.74, 6) is 0. The minimum atomic E-state index is -0.0164. The van der Waals surface area contributed by atoms with Crippen molar-refractivity contribution in [3.8, 4) is 11.3 Å². The van der Waals surface area contributed by atoms with Crippen molar-refractivity contribution in [3.63, 3.8) is 0 Å². The molecule has 0 amide bonds. The van der Waals surface area contributed by atoms with Gasteiger partial charge in [0.25, 0.3) is 0 Å². The molecule has 0 spiro atoms. The van der Waals surface area contributed by atoms with Crippen LogP contribution in [0.5, 0.6) is 0 Å². The van der Waals surface area contributed by atoms with Crippen LogP contribution in [0, 0.1) is 6.92 Å². The van der Waals surface area contributed by atoms with Crippen LogP contribution in [0.1, 0.15) is 11.3 Å². The Hall–Kier alpha value is -1.36. The first-order chi connectivity index (χ1) is 8.70. The van der Waals surface area contributed by atoms with E-state index in [-0.39, 0.29) is 6.61 Å². The number of thiazole rings is 1. The first kappa shape index (κ1) is 11.7. The summed E-state index contributed by atoms with van der Waals surface area (Å²) in [5, 5.41) is 12.1. The number of benzene rings is 1. The van der Waals surface area contributed by atoms with Crippen LogP contribution in [0.3, 0.4) is 0 Å². The van der Waals surface area contributed by atoms with Gasteiger partial charge in [-0.05, 0) is 30.2 Å². The maximum atomic E-state index is 9.34. The van der Waals surface area contributed by atoms with E-state index >= 15 is 0 Å². The molecule has 0 unspecified atom stereocenters. The lowest BCUT2D eigenvalue weighted by molar-refractivity contribution is 0.276. The Bertz CT molecular complexity index is 717. The van der Waals surface area contributed by atoms with Crippen molar-refractivity contribution in [2.24, 2.45) is 0 Å². The van der Waals surface area contributed by atoms with Crippen LogP contribution in [0.25, 0.3) is 16.2 Å². The van der Waals surface area contributed by atoms with Gasteiger partial charge < -0.3 is 5.11 Å². The number of aliphatic hydroxyl groups excluding tert-OH is 1. The van der Waals surface area contributed by atoms with E-state index in [4.69, 9.17) is 11.6 Å². The van der Waals surface area contributed by atoms with Gasteiger partial charge >= 0.3 is 0 Å². The van der Waals surface area contributed by atoms with Crippen LogP contribution in [0.15, 0.2) is 29.8 Å². The molecular weight excluding hydrogens is 268 g/mol. The normalized spacial score (nSPS) is 11.3. The average molecular weight is 279 g/mol. The Kier molecular flexibility index (Phi) is 2.86. The fraction of sp³-hybridized carbons (Fsp3) is 0.154. The second kappa shape index (κ2) is 4.39. The van der Waals surface area contributed by atoms with Gasteiger partial charge in [-0.3, -0.25) is 4.40 Å². The first-order valence-electron chi connectivity index (χ1n) is 5.52. The molecule has 0 aliphatic carbocycles. The number of nitrogens with zero attached hydrogens (tertiary/aromatic N) is 2. The molecule has 0 saturated carbocycles. The van der Waals surface area contributed by atoms with Crippen molar-refractivity contribution in [2.75, 3.05) is 0 Å². The summed E-state index contributed by atoms with van der Waals surface area (Å²) in [4.78, 5) is 5.16. The number of hydrogen-bond acceptors (Lipinski definition) is 3. The van der Waals surface area contributed by atoms with Crippen molar-refractivity contribution >= 4 is 27.9 Å². The van der Waals surface area contributed by atoms with Gasteiger partial charge in [-0.1, -0.05) is 17.7 Å².